The first-order valence-electron chi connectivity index (χ1n) is 6.79. The molecule has 1 atom stereocenters. The van der Waals surface area contributed by atoms with E-state index >= 15 is 0 Å². The number of rotatable bonds is 6. The van der Waals surface area contributed by atoms with Gasteiger partial charge in [-0.15, -0.1) is 0 Å². The van der Waals surface area contributed by atoms with Gasteiger partial charge in [0.25, 0.3) is 0 Å². The molecule has 0 amide bonds. The maximum Gasteiger partial charge on any atom is 0.145 e. The maximum absolute atomic E-state index is 13.5. The van der Waals surface area contributed by atoms with Crippen LogP contribution >= 0.6 is 27.5 Å². The van der Waals surface area contributed by atoms with Crippen molar-refractivity contribution in [2.24, 2.45) is 0 Å². The molecule has 1 aromatic carbocycles. The van der Waals surface area contributed by atoms with Gasteiger partial charge in [0.15, 0.2) is 0 Å². The minimum Gasteiger partial charge on any atom is -0.488 e. The molecule has 5 heteroatoms. The van der Waals surface area contributed by atoms with Crippen molar-refractivity contribution in [2.45, 2.75) is 52.2 Å². The highest BCUT2D eigenvalue weighted by Gasteiger charge is 2.17. The standard InChI is InChI=1S/C15H22BrClFNO/c1-5-6-10(9-19-15(2,3)4)20-14-8-13(18)12(17)7-11(14)16/h7-8,10,19H,5-6,9H2,1-4H3. The molecule has 114 valence electrons. The lowest BCUT2D eigenvalue weighted by molar-refractivity contribution is 0.173. The lowest BCUT2D eigenvalue weighted by atomic mass is 10.1. The third-order valence-electron chi connectivity index (χ3n) is 2.74. The largest absolute Gasteiger partial charge is 0.488 e. The molecule has 0 aliphatic heterocycles. The zero-order valence-corrected chi connectivity index (χ0v) is 14.7. The quantitative estimate of drug-likeness (QED) is 0.701. The molecule has 2 nitrogen and oxygen atoms in total. The topological polar surface area (TPSA) is 21.3 Å². The molecule has 0 spiro atoms. The lowest BCUT2D eigenvalue weighted by Crippen LogP contribution is -2.42. The average Bonchev–Trinajstić information content (AvgIpc) is 2.32. The molecule has 0 aliphatic carbocycles. The van der Waals surface area contributed by atoms with Crippen LogP contribution in [0, 0.1) is 5.82 Å². The van der Waals surface area contributed by atoms with Crippen LogP contribution < -0.4 is 10.1 Å². The highest BCUT2D eigenvalue weighted by Crippen LogP contribution is 2.31. The van der Waals surface area contributed by atoms with Crippen LogP contribution in [0.4, 0.5) is 4.39 Å². The van der Waals surface area contributed by atoms with Crippen molar-refractivity contribution >= 4 is 27.5 Å². The van der Waals surface area contributed by atoms with Crippen molar-refractivity contribution in [3.8, 4) is 5.75 Å². The molecule has 1 N–H and O–H groups in total. The Kier molecular flexibility index (Phi) is 6.76. The van der Waals surface area contributed by atoms with Crippen LogP contribution in [0.5, 0.6) is 5.75 Å². The Morgan fingerprint density at radius 2 is 2.05 bits per heavy atom. The van der Waals surface area contributed by atoms with Crippen LogP contribution in [0.25, 0.3) is 0 Å². The predicted molar refractivity (Wildman–Crippen MR) is 86.2 cm³/mol. The van der Waals surface area contributed by atoms with Crippen molar-refractivity contribution in [1.82, 2.24) is 5.32 Å². The molecule has 0 aromatic heterocycles. The van der Waals surface area contributed by atoms with Gasteiger partial charge in [0, 0.05) is 18.2 Å². The second-order valence-electron chi connectivity index (χ2n) is 5.86. The number of hydrogen-bond acceptors (Lipinski definition) is 2. The fourth-order valence-corrected chi connectivity index (χ4v) is 2.45. The molecule has 1 unspecified atom stereocenters. The lowest BCUT2D eigenvalue weighted by Gasteiger charge is -2.26. The van der Waals surface area contributed by atoms with Crippen LogP contribution in [0.15, 0.2) is 16.6 Å². The molecule has 0 fully saturated rings. The van der Waals surface area contributed by atoms with E-state index in [0.29, 0.717) is 16.8 Å². The minimum absolute atomic E-state index is 0.00361. The van der Waals surface area contributed by atoms with Crippen molar-refractivity contribution in [3.63, 3.8) is 0 Å². The highest BCUT2D eigenvalue weighted by atomic mass is 79.9. The Hall–Kier alpha value is -0.320. The zero-order chi connectivity index (χ0) is 15.3. The second kappa shape index (κ2) is 7.62. The number of halogens is 3. The normalized spacial score (nSPS) is 13.3. The third kappa shape index (κ3) is 5.98. The van der Waals surface area contributed by atoms with Crippen LogP contribution in [0.2, 0.25) is 5.02 Å². The highest BCUT2D eigenvalue weighted by molar-refractivity contribution is 9.10. The summed E-state index contributed by atoms with van der Waals surface area (Å²) in [4.78, 5) is 0. The summed E-state index contributed by atoms with van der Waals surface area (Å²) in [5.74, 6) is 0.0185. The van der Waals surface area contributed by atoms with E-state index in [1.165, 1.54) is 12.1 Å². The first kappa shape index (κ1) is 17.7. The first-order chi connectivity index (χ1) is 9.23. The SMILES string of the molecule is CCCC(CNC(C)(C)C)Oc1cc(F)c(Cl)cc1Br. The van der Waals surface area contributed by atoms with Crippen LogP contribution in [-0.4, -0.2) is 18.2 Å². The Labute approximate surface area is 134 Å². The van der Waals surface area contributed by atoms with Gasteiger partial charge in [-0.05, 0) is 49.2 Å². The summed E-state index contributed by atoms with van der Waals surface area (Å²) >= 11 is 9.09. The van der Waals surface area contributed by atoms with Crippen molar-refractivity contribution < 1.29 is 9.13 Å². The van der Waals surface area contributed by atoms with E-state index in [1.54, 1.807) is 0 Å². The fraction of sp³-hybridized carbons (Fsp3) is 0.600. The van der Waals surface area contributed by atoms with Crippen molar-refractivity contribution in [2.75, 3.05) is 6.54 Å². The van der Waals surface area contributed by atoms with Gasteiger partial charge in [-0.25, -0.2) is 4.39 Å². The Balaban J connectivity index is 2.77. The Morgan fingerprint density at radius 1 is 1.40 bits per heavy atom. The molecular formula is C15H22BrClFNO. The molecule has 0 saturated heterocycles. The van der Waals surface area contributed by atoms with Gasteiger partial charge in [-0.3, -0.25) is 0 Å². The molecular weight excluding hydrogens is 345 g/mol. The zero-order valence-electron chi connectivity index (χ0n) is 12.4. The Bertz CT molecular complexity index is 448. The second-order valence-corrected chi connectivity index (χ2v) is 7.12. The number of hydrogen-bond donors (Lipinski definition) is 1. The van der Waals surface area contributed by atoms with E-state index in [2.05, 4.69) is 48.9 Å². The molecule has 1 rings (SSSR count). The van der Waals surface area contributed by atoms with E-state index in [1.807, 2.05) is 0 Å². The maximum atomic E-state index is 13.5. The molecule has 1 aromatic rings. The predicted octanol–water partition coefficient (Wildman–Crippen LogP) is 5.18. The summed E-state index contributed by atoms with van der Waals surface area (Å²) < 4.78 is 20.1. The average molecular weight is 367 g/mol. The molecule has 0 saturated carbocycles. The van der Waals surface area contributed by atoms with Crippen LogP contribution in [0.3, 0.4) is 0 Å². The molecule has 0 aliphatic rings. The summed E-state index contributed by atoms with van der Waals surface area (Å²) in [6, 6.07) is 2.85. The van der Waals surface area contributed by atoms with Gasteiger partial charge in [-0.1, -0.05) is 24.9 Å². The van der Waals surface area contributed by atoms with Gasteiger partial charge in [0.2, 0.25) is 0 Å². The van der Waals surface area contributed by atoms with Gasteiger partial charge in [0.05, 0.1) is 9.50 Å². The van der Waals surface area contributed by atoms with E-state index in [-0.39, 0.29) is 16.7 Å². The summed E-state index contributed by atoms with van der Waals surface area (Å²) in [5, 5.41) is 3.50. The summed E-state index contributed by atoms with van der Waals surface area (Å²) in [6.07, 6.45) is 1.90. The number of nitrogens with one attached hydrogen (secondary N) is 1. The van der Waals surface area contributed by atoms with Crippen molar-refractivity contribution in [3.05, 3.63) is 27.4 Å². The van der Waals surface area contributed by atoms with Crippen LogP contribution in [0.1, 0.15) is 40.5 Å². The fourth-order valence-electron chi connectivity index (χ4n) is 1.72. The molecule has 20 heavy (non-hydrogen) atoms. The van der Waals surface area contributed by atoms with Gasteiger partial charge < -0.3 is 10.1 Å². The number of ether oxygens (including phenoxy) is 1. The van der Waals surface area contributed by atoms with E-state index < -0.39 is 5.82 Å². The minimum atomic E-state index is -0.469. The van der Waals surface area contributed by atoms with Gasteiger partial charge in [-0.2, -0.15) is 0 Å². The van der Waals surface area contributed by atoms with E-state index in [9.17, 15) is 4.39 Å². The van der Waals surface area contributed by atoms with Gasteiger partial charge >= 0.3 is 0 Å². The first-order valence-corrected chi connectivity index (χ1v) is 7.96. The van der Waals surface area contributed by atoms with Gasteiger partial charge in [0.1, 0.15) is 17.7 Å². The van der Waals surface area contributed by atoms with Crippen LogP contribution in [-0.2, 0) is 0 Å². The summed E-state index contributed by atoms with van der Waals surface area (Å²) in [7, 11) is 0. The third-order valence-corrected chi connectivity index (χ3v) is 3.65. The smallest absolute Gasteiger partial charge is 0.145 e. The molecule has 0 heterocycles. The van der Waals surface area contributed by atoms with Crippen molar-refractivity contribution in [1.29, 1.82) is 0 Å². The summed E-state index contributed by atoms with van der Waals surface area (Å²) in [5.41, 5.74) is 0.0256. The van der Waals surface area contributed by atoms with E-state index in [4.69, 9.17) is 16.3 Å². The molecule has 0 bridgehead atoms. The monoisotopic (exact) mass is 365 g/mol. The Morgan fingerprint density at radius 3 is 2.60 bits per heavy atom. The summed E-state index contributed by atoms with van der Waals surface area (Å²) in [6.45, 7) is 9.13. The number of benzene rings is 1. The molecule has 0 radical (unpaired) electrons. The van der Waals surface area contributed by atoms with E-state index in [0.717, 1.165) is 12.8 Å².